The van der Waals surface area contributed by atoms with Gasteiger partial charge in [-0.2, -0.15) is 0 Å². The lowest BCUT2D eigenvalue weighted by Crippen LogP contribution is -2.39. The van der Waals surface area contributed by atoms with Crippen LogP contribution in [0.1, 0.15) is 25.8 Å². The molecule has 0 fully saturated rings. The lowest BCUT2D eigenvalue weighted by atomic mass is 10.2. The van der Waals surface area contributed by atoms with Gasteiger partial charge in [0, 0.05) is 37.8 Å². The molecule has 2 rings (SSSR count). The third-order valence-electron chi connectivity index (χ3n) is 4.12. The molecule has 0 aliphatic rings. The van der Waals surface area contributed by atoms with Gasteiger partial charge in [0.2, 0.25) is 0 Å². The molecule has 7 nitrogen and oxygen atoms in total. The first-order chi connectivity index (χ1) is 12.8. The van der Waals surface area contributed by atoms with Gasteiger partial charge in [-0.3, -0.25) is 14.3 Å². The maximum atomic E-state index is 12.6. The predicted molar refractivity (Wildman–Crippen MR) is 112 cm³/mol. The second kappa shape index (κ2) is 9.75. The Bertz CT molecular complexity index is 876. The van der Waals surface area contributed by atoms with Gasteiger partial charge in [0.05, 0.1) is 0 Å². The normalized spacial score (nSPS) is 11.1. The molecule has 3 N–H and O–H groups in total. The number of hydrogen-bond acceptors (Lipinski definition) is 5. The van der Waals surface area contributed by atoms with Crippen LogP contribution in [0.3, 0.4) is 0 Å². The molecule has 1 aromatic carbocycles. The molecule has 0 saturated heterocycles. The number of hydrogen-bond donors (Lipinski definition) is 2. The average molecular weight is 439 g/mol. The Morgan fingerprint density at radius 3 is 2.70 bits per heavy atom. The fourth-order valence-electron chi connectivity index (χ4n) is 2.95. The van der Waals surface area contributed by atoms with Gasteiger partial charge in [-0.1, -0.05) is 41.9 Å². The summed E-state index contributed by atoms with van der Waals surface area (Å²) in [4.78, 5) is 29.1. The average Bonchev–Trinajstić information content (AvgIpc) is 2.58. The maximum absolute atomic E-state index is 12.6. The van der Waals surface area contributed by atoms with Crippen molar-refractivity contribution in [1.29, 1.82) is 0 Å². The van der Waals surface area contributed by atoms with Crippen molar-refractivity contribution in [1.82, 2.24) is 9.55 Å². The van der Waals surface area contributed by atoms with Crippen molar-refractivity contribution in [3.05, 3.63) is 55.1 Å². The number of benzene rings is 1. The van der Waals surface area contributed by atoms with E-state index in [1.165, 1.54) is 4.57 Å². The van der Waals surface area contributed by atoms with E-state index in [9.17, 15) is 9.59 Å². The summed E-state index contributed by atoms with van der Waals surface area (Å²) in [7, 11) is 1.64. The van der Waals surface area contributed by atoms with E-state index < -0.39 is 11.2 Å². The van der Waals surface area contributed by atoms with Gasteiger partial charge in [-0.15, -0.1) is 0 Å². The van der Waals surface area contributed by atoms with Gasteiger partial charge in [0.15, 0.2) is 0 Å². The summed E-state index contributed by atoms with van der Waals surface area (Å²) < 4.78 is 7.54. The van der Waals surface area contributed by atoms with E-state index in [2.05, 4.69) is 20.9 Å². The molecule has 0 amide bonds. The molecule has 2 aromatic rings. The molecular formula is C19H27BrN4O3. The molecule has 0 unspecified atom stereocenters. The lowest BCUT2D eigenvalue weighted by molar-refractivity contribution is 0.196. The van der Waals surface area contributed by atoms with Crippen molar-refractivity contribution in [2.45, 2.75) is 33.4 Å². The van der Waals surface area contributed by atoms with Crippen molar-refractivity contribution in [3.63, 3.8) is 0 Å². The summed E-state index contributed by atoms with van der Waals surface area (Å²) in [6.45, 7) is 6.07. The summed E-state index contributed by atoms with van der Waals surface area (Å²) >= 11 is 3.47. The van der Waals surface area contributed by atoms with Crippen molar-refractivity contribution in [3.8, 4) is 0 Å². The monoisotopic (exact) mass is 438 g/mol. The molecule has 0 spiro atoms. The van der Waals surface area contributed by atoms with E-state index >= 15 is 0 Å². The van der Waals surface area contributed by atoms with Crippen LogP contribution in [0.2, 0.25) is 0 Å². The van der Waals surface area contributed by atoms with Gasteiger partial charge in [-0.05, 0) is 30.0 Å². The van der Waals surface area contributed by atoms with Gasteiger partial charge in [0.1, 0.15) is 11.5 Å². The first-order valence-electron chi connectivity index (χ1n) is 8.94. The topological polar surface area (TPSA) is 93.3 Å². The number of H-pyrrole nitrogens is 1. The highest BCUT2D eigenvalue weighted by atomic mass is 79.9. The number of aromatic nitrogens is 2. The summed E-state index contributed by atoms with van der Waals surface area (Å²) in [5.74, 6) is 0.417. The molecule has 0 bridgehead atoms. The number of nitrogen functional groups attached to an aromatic ring is 1. The van der Waals surface area contributed by atoms with Crippen LogP contribution in [0.4, 0.5) is 11.5 Å². The maximum Gasteiger partial charge on any atom is 0.330 e. The zero-order chi connectivity index (χ0) is 20.0. The van der Waals surface area contributed by atoms with E-state index in [0.717, 1.165) is 16.5 Å². The molecule has 148 valence electrons. The van der Waals surface area contributed by atoms with Crippen LogP contribution in [-0.4, -0.2) is 29.8 Å². The van der Waals surface area contributed by atoms with Crippen LogP contribution in [0.25, 0.3) is 0 Å². The molecule has 1 heterocycles. The van der Waals surface area contributed by atoms with E-state index in [-0.39, 0.29) is 11.7 Å². The minimum atomic E-state index is -0.478. The largest absolute Gasteiger partial charge is 0.385 e. The number of halogens is 1. The number of nitrogens with one attached hydrogen (secondary N) is 1. The zero-order valence-corrected chi connectivity index (χ0v) is 17.6. The molecule has 0 radical (unpaired) electrons. The van der Waals surface area contributed by atoms with E-state index in [1.54, 1.807) is 7.11 Å². The van der Waals surface area contributed by atoms with Gasteiger partial charge in [0.25, 0.3) is 5.56 Å². The van der Waals surface area contributed by atoms with Crippen molar-refractivity contribution in [2.24, 2.45) is 5.92 Å². The van der Waals surface area contributed by atoms with Crippen LogP contribution in [-0.2, 0) is 17.8 Å². The first kappa shape index (κ1) is 21.2. The SMILES string of the molecule is COCCCN(Cc1cccc(Br)c1)c1c(N)n(CC(C)C)c(=O)[nH]c1=O. The van der Waals surface area contributed by atoms with Crippen molar-refractivity contribution in [2.75, 3.05) is 30.9 Å². The Kier molecular flexibility index (Phi) is 7.67. The lowest BCUT2D eigenvalue weighted by Gasteiger charge is -2.26. The highest BCUT2D eigenvalue weighted by Gasteiger charge is 2.19. The standard InChI is InChI=1S/C19H27BrN4O3/c1-13(2)11-24-17(21)16(18(25)22-19(24)26)23(8-5-9-27-3)12-14-6-4-7-15(20)10-14/h4,6-7,10,13H,5,8-9,11-12,21H2,1-3H3,(H,22,25,26). The highest BCUT2D eigenvalue weighted by molar-refractivity contribution is 9.10. The molecular weight excluding hydrogens is 412 g/mol. The Morgan fingerprint density at radius 2 is 2.07 bits per heavy atom. The number of nitrogens with two attached hydrogens (primary N) is 1. The number of ether oxygens (including phenoxy) is 1. The fraction of sp³-hybridized carbons (Fsp3) is 0.474. The Morgan fingerprint density at radius 1 is 1.33 bits per heavy atom. The summed E-state index contributed by atoms with van der Waals surface area (Å²) in [6.07, 6.45) is 0.729. The summed E-state index contributed by atoms with van der Waals surface area (Å²) in [5, 5.41) is 0. The number of anilines is 2. The van der Waals surface area contributed by atoms with Gasteiger partial charge < -0.3 is 15.4 Å². The van der Waals surface area contributed by atoms with Crippen LogP contribution in [0.15, 0.2) is 38.3 Å². The second-order valence-corrected chi connectivity index (χ2v) is 7.81. The Balaban J connectivity index is 2.47. The molecule has 27 heavy (non-hydrogen) atoms. The minimum Gasteiger partial charge on any atom is -0.385 e. The molecule has 0 aliphatic heterocycles. The zero-order valence-electron chi connectivity index (χ0n) is 16.0. The molecule has 0 atom stereocenters. The number of rotatable bonds is 9. The quantitative estimate of drug-likeness (QED) is 0.586. The molecule has 0 aliphatic carbocycles. The number of aromatic amines is 1. The van der Waals surface area contributed by atoms with Crippen LogP contribution < -0.4 is 21.9 Å². The molecule has 0 saturated carbocycles. The van der Waals surface area contributed by atoms with Crippen LogP contribution in [0, 0.1) is 5.92 Å². The molecule has 1 aromatic heterocycles. The van der Waals surface area contributed by atoms with E-state index in [4.69, 9.17) is 10.5 Å². The molecule has 8 heteroatoms. The first-order valence-corrected chi connectivity index (χ1v) is 9.73. The third kappa shape index (κ3) is 5.71. The minimum absolute atomic E-state index is 0.199. The summed E-state index contributed by atoms with van der Waals surface area (Å²) in [5.41, 5.74) is 6.69. The number of nitrogens with zero attached hydrogens (tertiary/aromatic N) is 2. The van der Waals surface area contributed by atoms with Gasteiger partial charge in [-0.25, -0.2) is 4.79 Å². The van der Waals surface area contributed by atoms with E-state index in [0.29, 0.717) is 31.9 Å². The van der Waals surface area contributed by atoms with Gasteiger partial charge >= 0.3 is 5.69 Å². The van der Waals surface area contributed by atoms with Crippen LogP contribution >= 0.6 is 15.9 Å². The van der Waals surface area contributed by atoms with Crippen LogP contribution in [0.5, 0.6) is 0 Å². The fourth-order valence-corrected chi connectivity index (χ4v) is 3.40. The highest BCUT2D eigenvalue weighted by Crippen LogP contribution is 2.21. The second-order valence-electron chi connectivity index (χ2n) is 6.90. The van der Waals surface area contributed by atoms with Crippen molar-refractivity contribution >= 4 is 27.4 Å². The van der Waals surface area contributed by atoms with Crippen molar-refractivity contribution < 1.29 is 4.74 Å². The smallest absolute Gasteiger partial charge is 0.330 e. The summed E-state index contributed by atoms with van der Waals surface area (Å²) in [6, 6.07) is 7.88. The third-order valence-corrected chi connectivity index (χ3v) is 4.61. The van der Waals surface area contributed by atoms with E-state index in [1.807, 2.05) is 43.0 Å². The Hall–Kier alpha value is -2.06. The Labute approximate surface area is 167 Å². The number of methoxy groups -OCH3 is 1. The predicted octanol–water partition coefficient (Wildman–Crippen LogP) is 2.58.